The summed E-state index contributed by atoms with van der Waals surface area (Å²) in [7, 11) is 0. The Morgan fingerprint density at radius 2 is 2.07 bits per heavy atom. The standard InChI is InChI=1S/C10H16N4O/c1-4-7-13(8-5-2)14-9(6-3)10(11)15-12-14/h4-5,11H,1-2,6-8H2,3H3. The fourth-order valence-electron chi connectivity index (χ4n) is 1.32. The molecule has 0 unspecified atom stereocenters. The Bertz CT molecular complexity index is 380. The number of nitrogens with one attached hydrogen (secondary N) is 1. The smallest absolute Gasteiger partial charge is 0.289 e. The molecule has 0 aliphatic carbocycles. The molecule has 0 bridgehead atoms. The largest absolute Gasteiger partial charge is 0.380 e. The number of rotatable bonds is 6. The van der Waals surface area contributed by atoms with Crippen molar-refractivity contribution in [3.63, 3.8) is 0 Å². The van der Waals surface area contributed by atoms with Gasteiger partial charge < -0.3 is 4.52 Å². The lowest BCUT2D eigenvalue weighted by Crippen LogP contribution is -2.62. The van der Waals surface area contributed by atoms with E-state index >= 15 is 0 Å². The molecule has 0 radical (unpaired) electrons. The van der Waals surface area contributed by atoms with E-state index in [9.17, 15) is 0 Å². The maximum absolute atomic E-state index is 7.52. The molecule has 0 atom stereocenters. The van der Waals surface area contributed by atoms with Crippen LogP contribution in [0, 0.1) is 5.41 Å². The average Bonchev–Trinajstić information content (AvgIpc) is 2.59. The molecular weight excluding hydrogens is 192 g/mol. The summed E-state index contributed by atoms with van der Waals surface area (Å²) in [6, 6.07) is 0. The zero-order valence-corrected chi connectivity index (χ0v) is 8.94. The summed E-state index contributed by atoms with van der Waals surface area (Å²) in [6.45, 7) is 10.6. The summed E-state index contributed by atoms with van der Waals surface area (Å²) in [5.74, 6) is 0. The van der Waals surface area contributed by atoms with E-state index in [0.717, 1.165) is 5.69 Å². The molecule has 0 aromatic carbocycles. The Balaban J connectivity index is 3.03. The molecule has 1 aromatic rings. The van der Waals surface area contributed by atoms with Crippen molar-refractivity contribution in [2.45, 2.75) is 13.3 Å². The summed E-state index contributed by atoms with van der Waals surface area (Å²) in [5, 5.41) is 13.2. The number of nitrogens with zero attached hydrogens (tertiary/aromatic N) is 3. The van der Waals surface area contributed by atoms with Gasteiger partial charge in [-0.3, -0.25) is 10.4 Å². The first kappa shape index (κ1) is 11.3. The van der Waals surface area contributed by atoms with Crippen LogP contribution in [0.4, 0.5) is 0 Å². The van der Waals surface area contributed by atoms with Crippen LogP contribution < -0.4 is 20.6 Å². The third-order valence-corrected chi connectivity index (χ3v) is 2.00. The summed E-state index contributed by atoms with van der Waals surface area (Å²) in [6.07, 6.45) is 4.25. The molecular formula is C10H16N4O. The molecule has 0 spiro atoms. The summed E-state index contributed by atoms with van der Waals surface area (Å²) < 4.78 is 4.83. The van der Waals surface area contributed by atoms with E-state index in [1.54, 1.807) is 16.9 Å². The third-order valence-electron chi connectivity index (χ3n) is 2.00. The van der Waals surface area contributed by atoms with Gasteiger partial charge in [0.15, 0.2) is 0 Å². The number of hydrogen-bond acceptors (Lipinski definition) is 3. The molecule has 0 fully saturated rings. The minimum absolute atomic E-state index is 0.107. The van der Waals surface area contributed by atoms with Gasteiger partial charge >= 0.3 is 0 Å². The molecule has 0 aliphatic heterocycles. The zero-order valence-electron chi connectivity index (χ0n) is 8.94. The van der Waals surface area contributed by atoms with E-state index in [2.05, 4.69) is 18.4 Å². The first-order valence-electron chi connectivity index (χ1n) is 4.84. The molecule has 0 aliphatic rings. The fourth-order valence-corrected chi connectivity index (χ4v) is 1.32. The van der Waals surface area contributed by atoms with Gasteiger partial charge in [-0.25, -0.2) is 0 Å². The molecule has 1 N–H and O–H groups in total. The van der Waals surface area contributed by atoms with E-state index < -0.39 is 0 Å². The van der Waals surface area contributed by atoms with E-state index in [0.29, 0.717) is 19.5 Å². The van der Waals surface area contributed by atoms with Gasteiger partial charge in [0.25, 0.3) is 11.2 Å². The van der Waals surface area contributed by atoms with Gasteiger partial charge in [0.1, 0.15) is 0 Å². The van der Waals surface area contributed by atoms with Crippen molar-refractivity contribution >= 4 is 0 Å². The minimum atomic E-state index is 0.107. The van der Waals surface area contributed by atoms with E-state index in [4.69, 9.17) is 9.93 Å². The van der Waals surface area contributed by atoms with E-state index in [1.165, 1.54) is 0 Å². The van der Waals surface area contributed by atoms with Crippen molar-refractivity contribution < 1.29 is 9.31 Å². The monoisotopic (exact) mass is 208 g/mol. The van der Waals surface area contributed by atoms with Crippen LogP contribution in [0.2, 0.25) is 0 Å². The molecule has 0 amide bonds. The maximum Gasteiger partial charge on any atom is 0.289 e. The van der Waals surface area contributed by atoms with Crippen LogP contribution in [0.15, 0.2) is 29.8 Å². The molecule has 82 valence electrons. The second kappa shape index (κ2) is 5.19. The van der Waals surface area contributed by atoms with Gasteiger partial charge in [0.05, 0.1) is 0 Å². The highest BCUT2D eigenvalue weighted by molar-refractivity contribution is 4.90. The van der Waals surface area contributed by atoms with E-state index in [-0.39, 0.29) is 5.55 Å². The molecule has 1 aromatic heterocycles. The molecule has 5 heteroatoms. The Morgan fingerprint density at radius 3 is 2.53 bits per heavy atom. The van der Waals surface area contributed by atoms with Crippen molar-refractivity contribution in [3.8, 4) is 0 Å². The zero-order chi connectivity index (χ0) is 11.3. The van der Waals surface area contributed by atoms with Crippen LogP contribution in [0.5, 0.6) is 0 Å². The Labute approximate surface area is 88.8 Å². The molecule has 15 heavy (non-hydrogen) atoms. The van der Waals surface area contributed by atoms with Crippen LogP contribution in [-0.4, -0.2) is 13.1 Å². The summed E-state index contributed by atoms with van der Waals surface area (Å²) in [5.41, 5.74) is 0.856. The molecule has 1 heterocycles. The van der Waals surface area contributed by atoms with Crippen LogP contribution in [0.25, 0.3) is 0 Å². The number of aromatic nitrogens is 2. The lowest BCUT2D eigenvalue weighted by atomic mass is 10.4. The lowest BCUT2D eigenvalue weighted by molar-refractivity contribution is -0.768. The Morgan fingerprint density at radius 1 is 1.47 bits per heavy atom. The third kappa shape index (κ3) is 2.37. The SMILES string of the molecule is C=CCN(CC=C)[n+]1[n-]oc(=N)c1CC. The lowest BCUT2D eigenvalue weighted by Gasteiger charge is -2.19. The molecule has 1 rings (SSSR count). The number of hydrogen-bond donors (Lipinski definition) is 1. The van der Waals surface area contributed by atoms with Crippen LogP contribution in [-0.2, 0) is 6.42 Å². The molecule has 0 saturated heterocycles. The van der Waals surface area contributed by atoms with Gasteiger partial charge in [-0.15, -0.1) is 13.2 Å². The van der Waals surface area contributed by atoms with Crippen molar-refractivity contribution in [1.82, 2.24) is 5.27 Å². The van der Waals surface area contributed by atoms with Crippen molar-refractivity contribution in [1.29, 1.82) is 5.41 Å². The second-order valence-electron chi connectivity index (χ2n) is 3.04. The highest BCUT2D eigenvalue weighted by atomic mass is 16.5. The quantitative estimate of drug-likeness (QED) is 0.523. The first-order chi connectivity index (χ1) is 7.24. The van der Waals surface area contributed by atoms with Crippen molar-refractivity contribution in [2.24, 2.45) is 0 Å². The van der Waals surface area contributed by atoms with Gasteiger partial charge in [0, 0.05) is 19.5 Å². The van der Waals surface area contributed by atoms with Gasteiger partial charge in [-0.1, -0.05) is 23.9 Å². The predicted octanol–water partition coefficient (Wildman–Crippen LogP) is -0.124. The summed E-state index contributed by atoms with van der Waals surface area (Å²) >= 11 is 0. The van der Waals surface area contributed by atoms with Crippen molar-refractivity contribution in [3.05, 3.63) is 36.6 Å². The average molecular weight is 208 g/mol. The summed E-state index contributed by atoms with van der Waals surface area (Å²) in [4.78, 5) is 1.60. The maximum atomic E-state index is 7.52. The molecule has 0 saturated carbocycles. The predicted molar refractivity (Wildman–Crippen MR) is 55.8 cm³/mol. The van der Waals surface area contributed by atoms with Gasteiger partial charge in [-0.2, -0.15) is 0 Å². The topological polar surface area (TPSA) is 58.2 Å². The Kier molecular flexibility index (Phi) is 3.91. The van der Waals surface area contributed by atoms with Crippen LogP contribution >= 0.6 is 0 Å². The highest BCUT2D eigenvalue weighted by Crippen LogP contribution is 1.85. The van der Waals surface area contributed by atoms with E-state index in [1.807, 2.05) is 11.9 Å². The van der Waals surface area contributed by atoms with Crippen LogP contribution in [0.1, 0.15) is 12.6 Å². The van der Waals surface area contributed by atoms with Crippen molar-refractivity contribution in [2.75, 3.05) is 18.1 Å². The Hall–Kier alpha value is -1.78. The minimum Gasteiger partial charge on any atom is -0.380 e. The molecule has 5 nitrogen and oxygen atoms in total. The van der Waals surface area contributed by atoms with Gasteiger partial charge in [-0.05, 0) is 5.27 Å². The second-order valence-corrected chi connectivity index (χ2v) is 3.04. The highest BCUT2D eigenvalue weighted by Gasteiger charge is 2.15. The van der Waals surface area contributed by atoms with Gasteiger partial charge in [0.2, 0.25) is 0 Å². The van der Waals surface area contributed by atoms with Crippen LogP contribution in [0.3, 0.4) is 0 Å². The first-order valence-corrected chi connectivity index (χ1v) is 4.84. The normalized spacial score (nSPS) is 9.93. The fraction of sp³-hybridized carbons (Fsp3) is 0.400.